The van der Waals surface area contributed by atoms with Crippen LogP contribution in [0.5, 0.6) is 0 Å². The van der Waals surface area contributed by atoms with Crippen LogP contribution in [0.25, 0.3) is 0 Å². The fraction of sp³-hybridized carbons (Fsp3) is 0.294. The van der Waals surface area contributed by atoms with E-state index in [1.807, 2.05) is 19.9 Å². The molecule has 116 valence electrons. The van der Waals surface area contributed by atoms with Gasteiger partial charge in [-0.3, -0.25) is 4.79 Å². The zero-order chi connectivity index (χ0) is 16.1. The van der Waals surface area contributed by atoms with Gasteiger partial charge in [0.1, 0.15) is 5.76 Å². The van der Waals surface area contributed by atoms with E-state index in [1.54, 1.807) is 31.2 Å². The van der Waals surface area contributed by atoms with Gasteiger partial charge in [0.25, 0.3) is 5.91 Å². The van der Waals surface area contributed by atoms with Gasteiger partial charge in [0.05, 0.1) is 17.9 Å². The zero-order valence-corrected chi connectivity index (χ0v) is 12.9. The van der Waals surface area contributed by atoms with E-state index in [1.165, 1.54) is 6.26 Å². The number of nitrogens with one attached hydrogen (secondary N) is 1. The van der Waals surface area contributed by atoms with Crippen LogP contribution in [0.1, 0.15) is 40.2 Å². The van der Waals surface area contributed by atoms with Crippen LogP contribution in [-0.2, 0) is 9.53 Å². The Balaban J connectivity index is 1.86. The van der Waals surface area contributed by atoms with Gasteiger partial charge in [-0.15, -0.1) is 0 Å². The molecule has 2 aromatic rings. The third-order valence-corrected chi connectivity index (χ3v) is 3.14. The smallest absolute Gasteiger partial charge is 0.338 e. The number of amides is 1. The number of esters is 1. The number of hydrogen-bond acceptors (Lipinski definition) is 4. The van der Waals surface area contributed by atoms with Crippen LogP contribution < -0.4 is 5.32 Å². The summed E-state index contributed by atoms with van der Waals surface area (Å²) in [4.78, 5) is 23.7. The lowest BCUT2D eigenvalue weighted by Crippen LogP contribution is -2.31. The molecule has 0 saturated carbocycles. The third kappa shape index (κ3) is 4.22. The highest BCUT2D eigenvalue weighted by Gasteiger charge is 2.14. The summed E-state index contributed by atoms with van der Waals surface area (Å²) in [6.07, 6.45) is 1.54. The molecule has 1 N–H and O–H groups in total. The lowest BCUT2D eigenvalue weighted by Gasteiger charge is -2.11. The molecule has 0 spiro atoms. The average Bonchev–Trinajstić information content (AvgIpc) is 2.98. The molecule has 0 fully saturated rings. The Morgan fingerprint density at radius 2 is 1.91 bits per heavy atom. The molecule has 0 aliphatic carbocycles. The summed E-state index contributed by atoms with van der Waals surface area (Å²) >= 11 is 0. The molecule has 22 heavy (non-hydrogen) atoms. The van der Waals surface area contributed by atoms with Gasteiger partial charge in [-0.1, -0.05) is 17.2 Å². The van der Waals surface area contributed by atoms with Crippen LogP contribution >= 0.6 is 0 Å². The average molecular weight is 301 g/mol. The SMILES string of the molecule is Cc1cc(C)cc(C(=O)OCC(=O)N[C@@H](C)c2ccco2)c1. The molecular weight excluding hydrogens is 282 g/mol. The molecule has 1 heterocycles. The molecule has 5 nitrogen and oxygen atoms in total. The number of ether oxygens (including phenoxy) is 1. The third-order valence-electron chi connectivity index (χ3n) is 3.14. The van der Waals surface area contributed by atoms with Crippen molar-refractivity contribution in [3.63, 3.8) is 0 Å². The van der Waals surface area contributed by atoms with Crippen molar-refractivity contribution in [1.29, 1.82) is 0 Å². The number of carbonyl (C=O) groups excluding carboxylic acids is 2. The highest BCUT2D eigenvalue weighted by Crippen LogP contribution is 2.12. The lowest BCUT2D eigenvalue weighted by atomic mass is 10.1. The summed E-state index contributed by atoms with van der Waals surface area (Å²) < 4.78 is 10.2. The lowest BCUT2D eigenvalue weighted by molar-refractivity contribution is -0.125. The monoisotopic (exact) mass is 301 g/mol. The number of hydrogen-bond donors (Lipinski definition) is 1. The van der Waals surface area contributed by atoms with E-state index in [-0.39, 0.29) is 18.6 Å². The summed E-state index contributed by atoms with van der Waals surface area (Å²) in [5.74, 6) is -0.233. The summed E-state index contributed by atoms with van der Waals surface area (Å²) in [7, 11) is 0. The molecule has 0 bridgehead atoms. The van der Waals surface area contributed by atoms with E-state index in [2.05, 4.69) is 5.32 Å². The second-order valence-electron chi connectivity index (χ2n) is 5.26. The Kier molecular flexibility index (Phi) is 4.99. The first-order valence-corrected chi connectivity index (χ1v) is 7.04. The minimum atomic E-state index is -0.507. The van der Waals surface area contributed by atoms with Crippen molar-refractivity contribution in [2.75, 3.05) is 6.61 Å². The second kappa shape index (κ2) is 6.93. The van der Waals surface area contributed by atoms with Crippen LogP contribution in [0.2, 0.25) is 0 Å². The Morgan fingerprint density at radius 1 is 1.23 bits per heavy atom. The van der Waals surface area contributed by atoms with Crippen LogP contribution in [0, 0.1) is 13.8 Å². The molecule has 1 amide bonds. The summed E-state index contributed by atoms with van der Waals surface area (Å²) in [6, 6.07) is 8.68. The zero-order valence-electron chi connectivity index (χ0n) is 12.9. The molecule has 0 radical (unpaired) electrons. The highest BCUT2D eigenvalue weighted by molar-refractivity contribution is 5.91. The Morgan fingerprint density at radius 3 is 2.50 bits per heavy atom. The van der Waals surface area contributed by atoms with E-state index in [0.29, 0.717) is 11.3 Å². The first kappa shape index (κ1) is 15.8. The second-order valence-corrected chi connectivity index (χ2v) is 5.26. The molecule has 0 aliphatic heterocycles. The van der Waals surface area contributed by atoms with E-state index in [9.17, 15) is 9.59 Å². The van der Waals surface area contributed by atoms with E-state index in [0.717, 1.165) is 11.1 Å². The molecule has 1 aromatic carbocycles. The van der Waals surface area contributed by atoms with E-state index in [4.69, 9.17) is 9.15 Å². The van der Waals surface area contributed by atoms with Gasteiger partial charge in [0.2, 0.25) is 0 Å². The predicted octanol–water partition coefficient (Wildman–Crippen LogP) is 2.93. The minimum Gasteiger partial charge on any atom is -0.467 e. The van der Waals surface area contributed by atoms with Gasteiger partial charge in [0, 0.05) is 0 Å². The first-order chi connectivity index (χ1) is 10.5. The quantitative estimate of drug-likeness (QED) is 0.862. The summed E-state index contributed by atoms with van der Waals surface area (Å²) in [6.45, 7) is 5.28. The molecule has 1 aromatic heterocycles. The van der Waals surface area contributed by atoms with E-state index >= 15 is 0 Å². The Hall–Kier alpha value is -2.56. The largest absolute Gasteiger partial charge is 0.467 e. The minimum absolute atomic E-state index is 0.276. The van der Waals surface area contributed by atoms with Crippen LogP contribution in [0.15, 0.2) is 41.0 Å². The fourth-order valence-corrected chi connectivity index (χ4v) is 2.20. The van der Waals surface area contributed by atoms with E-state index < -0.39 is 5.97 Å². The number of benzene rings is 1. The maximum Gasteiger partial charge on any atom is 0.338 e. The van der Waals surface area contributed by atoms with Crippen molar-refractivity contribution in [1.82, 2.24) is 5.32 Å². The summed E-state index contributed by atoms with van der Waals surface area (Å²) in [5, 5.41) is 2.70. The van der Waals surface area contributed by atoms with Gasteiger partial charge in [-0.25, -0.2) is 4.79 Å². The molecule has 5 heteroatoms. The highest BCUT2D eigenvalue weighted by atomic mass is 16.5. The maximum atomic E-state index is 11.9. The van der Waals surface area contributed by atoms with Gasteiger partial charge in [-0.2, -0.15) is 0 Å². The topological polar surface area (TPSA) is 68.5 Å². The maximum absolute atomic E-state index is 11.9. The van der Waals surface area contributed by atoms with Gasteiger partial charge in [0.15, 0.2) is 6.61 Å². The number of furan rings is 1. The van der Waals surface area contributed by atoms with Crippen molar-refractivity contribution in [2.24, 2.45) is 0 Å². The molecule has 0 unspecified atom stereocenters. The van der Waals surface area contributed by atoms with Crippen LogP contribution in [0.4, 0.5) is 0 Å². The number of rotatable bonds is 5. The molecule has 1 atom stereocenters. The molecular formula is C17H19NO4. The molecule has 2 rings (SSSR count). The first-order valence-electron chi connectivity index (χ1n) is 7.04. The van der Waals surface area contributed by atoms with Crippen LogP contribution in [-0.4, -0.2) is 18.5 Å². The molecule has 0 saturated heterocycles. The molecule has 0 aliphatic rings. The number of carbonyl (C=O) groups is 2. The van der Waals surface area contributed by atoms with Gasteiger partial charge >= 0.3 is 5.97 Å². The normalized spacial score (nSPS) is 11.8. The van der Waals surface area contributed by atoms with Crippen molar-refractivity contribution in [2.45, 2.75) is 26.8 Å². The van der Waals surface area contributed by atoms with Crippen molar-refractivity contribution in [3.8, 4) is 0 Å². The van der Waals surface area contributed by atoms with Crippen molar-refractivity contribution < 1.29 is 18.7 Å². The van der Waals surface area contributed by atoms with Crippen molar-refractivity contribution >= 4 is 11.9 Å². The Bertz CT molecular complexity index is 641. The number of aryl methyl sites for hydroxylation is 2. The standard InChI is InChI=1S/C17H19NO4/c1-11-7-12(2)9-14(8-11)17(20)22-10-16(19)18-13(3)15-5-4-6-21-15/h4-9,13H,10H2,1-3H3,(H,18,19)/t13-/m0/s1. The predicted molar refractivity (Wildman–Crippen MR) is 81.5 cm³/mol. The fourth-order valence-electron chi connectivity index (χ4n) is 2.20. The van der Waals surface area contributed by atoms with Gasteiger partial charge < -0.3 is 14.5 Å². The Labute approximate surface area is 129 Å². The van der Waals surface area contributed by atoms with Gasteiger partial charge in [-0.05, 0) is 45.0 Å². The van der Waals surface area contributed by atoms with Crippen LogP contribution in [0.3, 0.4) is 0 Å². The van der Waals surface area contributed by atoms with Crippen molar-refractivity contribution in [3.05, 3.63) is 59.0 Å². The summed E-state index contributed by atoms with van der Waals surface area (Å²) in [5.41, 5.74) is 2.40.